The van der Waals surface area contributed by atoms with Gasteiger partial charge in [0.05, 0.1) is 10.1 Å². The van der Waals surface area contributed by atoms with Gasteiger partial charge >= 0.3 is 0 Å². The highest BCUT2D eigenvalue weighted by molar-refractivity contribution is 8.00. The Morgan fingerprint density at radius 2 is 1.66 bits per heavy atom. The Hall–Kier alpha value is -2.92. The van der Waals surface area contributed by atoms with Crippen LogP contribution in [-0.2, 0) is 6.61 Å². The smallest absolute Gasteiger partial charge is 0.176 e. The summed E-state index contributed by atoms with van der Waals surface area (Å²) in [7, 11) is 0. The Balaban J connectivity index is 1.55. The first-order valence-electron chi connectivity index (χ1n) is 11.1. The summed E-state index contributed by atoms with van der Waals surface area (Å²) in [6.45, 7) is 0.439. The zero-order chi connectivity index (χ0) is 22.3. The number of benzene rings is 3. The van der Waals surface area contributed by atoms with E-state index in [0.717, 1.165) is 31.2 Å². The van der Waals surface area contributed by atoms with E-state index >= 15 is 0 Å². The van der Waals surface area contributed by atoms with Crippen molar-refractivity contribution < 1.29 is 19.7 Å². The van der Waals surface area contributed by atoms with Crippen molar-refractivity contribution in [3.05, 3.63) is 83.9 Å². The van der Waals surface area contributed by atoms with Gasteiger partial charge in [-0.1, -0.05) is 49.6 Å². The first-order chi connectivity index (χ1) is 15.6. The number of ketones is 1. The highest BCUT2D eigenvalue weighted by atomic mass is 32.2. The van der Waals surface area contributed by atoms with E-state index < -0.39 is 0 Å². The standard InChI is InChI=1S/C27H28O4S/c28-22-13-11-20(12-14-22)26(30)27(21-9-5-2-6-10-21)32-25-17-23(15-16-24(25)29)31-18-19-7-3-1-4-8-19/h1,3-4,7-8,11-17,21,27-29H,2,5-6,9-10,18H2. The van der Waals surface area contributed by atoms with Crippen molar-refractivity contribution in [3.63, 3.8) is 0 Å². The Labute approximate surface area is 193 Å². The van der Waals surface area contributed by atoms with E-state index in [0.29, 0.717) is 22.8 Å². The zero-order valence-electron chi connectivity index (χ0n) is 17.9. The molecule has 3 aromatic carbocycles. The number of ether oxygens (including phenoxy) is 1. The van der Waals surface area contributed by atoms with Gasteiger partial charge in [0.25, 0.3) is 0 Å². The van der Waals surface area contributed by atoms with Crippen LogP contribution >= 0.6 is 11.8 Å². The average Bonchev–Trinajstić information content (AvgIpc) is 2.84. The number of carbonyl (C=O) groups excluding carboxylic acids is 1. The number of hydrogen-bond acceptors (Lipinski definition) is 5. The minimum atomic E-state index is -0.296. The summed E-state index contributed by atoms with van der Waals surface area (Å²) in [6, 6.07) is 21.6. The molecule has 4 rings (SSSR count). The second-order valence-corrected chi connectivity index (χ2v) is 9.43. The predicted molar refractivity (Wildman–Crippen MR) is 128 cm³/mol. The molecule has 1 unspecified atom stereocenters. The zero-order valence-corrected chi connectivity index (χ0v) is 18.8. The third-order valence-corrected chi connectivity index (χ3v) is 7.36. The number of carbonyl (C=O) groups is 1. The second kappa shape index (κ2) is 10.6. The van der Waals surface area contributed by atoms with Crippen LogP contribution in [-0.4, -0.2) is 21.2 Å². The SMILES string of the molecule is O=C(c1ccc(O)cc1)C(Sc1cc(OCc2ccccc2)ccc1O)C1CCCCC1. The van der Waals surface area contributed by atoms with Gasteiger partial charge < -0.3 is 14.9 Å². The van der Waals surface area contributed by atoms with Crippen molar-refractivity contribution in [1.82, 2.24) is 0 Å². The van der Waals surface area contributed by atoms with Gasteiger partial charge in [-0.3, -0.25) is 4.79 Å². The van der Waals surface area contributed by atoms with Gasteiger partial charge in [-0.2, -0.15) is 0 Å². The first kappa shape index (κ1) is 22.3. The molecule has 5 heteroatoms. The highest BCUT2D eigenvalue weighted by Crippen LogP contribution is 2.42. The van der Waals surface area contributed by atoms with Crippen LogP contribution in [0.1, 0.15) is 48.0 Å². The highest BCUT2D eigenvalue weighted by Gasteiger charge is 2.32. The number of rotatable bonds is 8. The fourth-order valence-corrected chi connectivity index (χ4v) is 5.50. The van der Waals surface area contributed by atoms with Gasteiger partial charge in [-0.05, 0) is 66.8 Å². The van der Waals surface area contributed by atoms with Crippen molar-refractivity contribution in [2.75, 3.05) is 0 Å². The lowest BCUT2D eigenvalue weighted by molar-refractivity contribution is 0.0959. The van der Waals surface area contributed by atoms with Crippen LogP contribution in [0.15, 0.2) is 77.7 Å². The molecule has 0 bridgehead atoms. The molecule has 32 heavy (non-hydrogen) atoms. The molecular weight excluding hydrogens is 420 g/mol. The summed E-state index contributed by atoms with van der Waals surface area (Å²) < 4.78 is 5.94. The van der Waals surface area contributed by atoms with E-state index in [1.54, 1.807) is 36.4 Å². The fraction of sp³-hybridized carbons (Fsp3) is 0.296. The normalized spacial score (nSPS) is 15.2. The van der Waals surface area contributed by atoms with Crippen molar-refractivity contribution in [2.45, 2.75) is 48.9 Å². The number of Topliss-reactive ketones (excluding diaryl/α,β-unsaturated/α-hetero) is 1. The Bertz CT molecular complexity index is 1030. The maximum Gasteiger partial charge on any atom is 0.176 e. The molecule has 166 valence electrons. The molecule has 1 aliphatic carbocycles. The van der Waals surface area contributed by atoms with Crippen LogP contribution < -0.4 is 4.74 Å². The molecule has 1 atom stereocenters. The summed E-state index contributed by atoms with van der Waals surface area (Å²) in [6.07, 6.45) is 5.46. The second-order valence-electron chi connectivity index (χ2n) is 8.25. The molecule has 0 radical (unpaired) electrons. The van der Waals surface area contributed by atoms with E-state index in [-0.39, 0.29) is 28.5 Å². The summed E-state index contributed by atoms with van der Waals surface area (Å²) in [5.41, 5.74) is 1.65. The van der Waals surface area contributed by atoms with Gasteiger partial charge in [0.2, 0.25) is 0 Å². The molecule has 0 saturated heterocycles. The number of phenols is 2. The summed E-state index contributed by atoms with van der Waals surface area (Å²) in [4.78, 5) is 14.1. The van der Waals surface area contributed by atoms with Crippen LogP contribution in [0.25, 0.3) is 0 Å². The third kappa shape index (κ3) is 5.65. The number of phenolic OH excluding ortho intramolecular Hbond substituents is 2. The largest absolute Gasteiger partial charge is 0.508 e. The quantitative estimate of drug-likeness (QED) is 0.300. The minimum Gasteiger partial charge on any atom is -0.508 e. The lowest BCUT2D eigenvalue weighted by atomic mass is 9.84. The number of hydrogen-bond donors (Lipinski definition) is 2. The van der Waals surface area contributed by atoms with Crippen molar-refractivity contribution in [1.29, 1.82) is 0 Å². The monoisotopic (exact) mass is 448 g/mol. The minimum absolute atomic E-state index is 0.0388. The molecule has 0 aliphatic heterocycles. The maximum absolute atomic E-state index is 13.5. The number of aromatic hydroxyl groups is 2. The summed E-state index contributed by atoms with van der Waals surface area (Å²) >= 11 is 1.42. The Morgan fingerprint density at radius 3 is 2.38 bits per heavy atom. The molecule has 1 aliphatic rings. The molecule has 0 spiro atoms. The van der Waals surface area contributed by atoms with E-state index in [4.69, 9.17) is 4.74 Å². The van der Waals surface area contributed by atoms with Gasteiger partial charge in [0.15, 0.2) is 5.78 Å². The summed E-state index contributed by atoms with van der Waals surface area (Å²) in [5.74, 6) is 1.25. The van der Waals surface area contributed by atoms with Gasteiger partial charge in [0, 0.05) is 5.56 Å². The lowest BCUT2D eigenvalue weighted by Crippen LogP contribution is -2.28. The van der Waals surface area contributed by atoms with Gasteiger partial charge in [-0.25, -0.2) is 0 Å². The van der Waals surface area contributed by atoms with Crippen LogP contribution in [0.4, 0.5) is 0 Å². The van der Waals surface area contributed by atoms with E-state index in [1.165, 1.54) is 18.2 Å². The van der Waals surface area contributed by atoms with E-state index in [9.17, 15) is 15.0 Å². The third-order valence-electron chi connectivity index (χ3n) is 5.92. The van der Waals surface area contributed by atoms with Crippen LogP contribution in [0.5, 0.6) is 17.2 Å². The molecule has 1 fully saturated rings. The maximum atomic E-state index is 13.5. The topological polar surface area (TPSA) is 66.8 Å². The first-order valence-corrected chi connectivity index (χ1v) is 12.0. The lowest BCUT2D eigenvalue weighted by Gasteiger charge is -2.29. The van der Waals surface area contributed by atoms with Crippen molar-refractivity contribution in [3.8, 4) is 17.2 Å². The van der Waals surface area contributed by atoms with Crippen molar-refractivity contribution in [2.24, 2.45) is 5.92 Å². The Kier molecular flexibility index (Phi) is 7.38. The average molecular weight is 449 g/mol. The van der Waals surface area contributed by atoms with Crippen molar-refractivity contribution >= 4 is 17.5 Å². The molecule has 0 aromatic heterocycles. The molecule has 1 saturated carbocycles. The molecule has 3 aromatic rings. The van der Waals surface area contributed by atoms with E-state index in [1.807, 2.05) is 36.4 Å². The molecule has 0 amide bonds. The van der Waals surface area contributed by atoms with Crippen LogP contribution in [0, 0.1) is 5.92 Å². The molecule has 2 N–H and O–H groups in total. The number of thioether (sulfide) groups is 1. The van der Waals surface area contributed by atoms with Gasteiger partial charge in [-0.15, -0.1) is 11.8 Å². The summed E-state index contributed by atoms with van der Waals surface area (Å²) in [5, 5.41) is 19.8. The molecule has 4 nitrogen and oxygen atoms in total. The Morgan fingerprint density at radius 1 is 0.938 bits per heavy atom. The van der Waals surface area contributed by atoms with Crippen LogP contribution in [0.3, 0.4) is 0 Å². The predicted octanol–water partition coefficient (Wildman–Crippen LogP) is 6.60. The molecular formula is C27H28O4S. The van der Waals surface area contributed by atoms with Gasteiger partial charge in [0.1, 0.15) is 23.9 Å². The van der Waals surface area contributed by atoms with Crippen LogP contribution in [0.2, 0.25) is 0 Å². The fourth-order valence-electron chi connectivity index (χ4n) is 4.15. The molecule has 0 heterocycles. The van der Waals surface area contributed by atoms with E-state index in [2.05, 4.69) is 0 Å².